The van der Waals surface area contributed by atoms with E-state index in [0.29, 0.717) is 5.92 Å². The molecule has 0 aliphatic carbocycles. The van der Waals surface area contributed by atoms with E-state index in [4.69, 9.17) is 0 Å². The van der Waals surface area contributed by atoms with E-state index in [1.807, 2.05) is 4.68 Å². The Kier molecular flexibility index (Phi) is 5.32. The fourth-order valence-corrected chi connectivity index (χ4v) is 1.65. The number of hydrogen-bond donors (Lipinski definition) is 1. The minimum atomic E-state index is 0.665. The van der Waals surface area contributed by atoms with Gasteiger partial charge in [-0.1, -0.05) is 13.8 Å². The van der Waals surface area contributed by atoms with Gasteiger partial charge in [0.1, 0.15) is 12.2 Å². The van der Waals surface area contributed by atoms with E-state index >= 15 is 0 Å². The lowest BCUT2D eigenvalue weighted by atomic mass is 10.0. The molecule has 0 saturated heterocycles. The van der Waals surface area contributed by atoms with E-state index in [1.54, 1.807) is 6.33 Å². The van der Waals surface area contributed by atoms with E-state index < -0.39 is 0 Å². The third kappa shape index (κ3) is 4.00. The van der Waals surface area contributed by atoms with Gasteiger partial charge < -0.3 is 5.32 Å². The van der Waals surface area contributed by atoms with Crippen LogP contribution in [-0.4, -0.2) is 27.9 Å². The average molecular weight is 210 g/mol. The van der Waals surface area contributed by atoms with Crippen molar-refractivity contribution in [2.75, 3.05) is 13.1 Å². The number of hydrogen-bond acceptors (Lipinski definition) is 3. The third-order valence-electron chi connectivity index (χ3n) is 2.59. The van der Waals surface area contributed by atoms with Crippen LogP contribution >= 0.6 is 0 Å². The number of aromatic nitrogens is 3. The number of nitrogens with one attached hydrogen (secondary N) is 1. The molecule has 1 unspecified atom stereocenters. The zero-order valence-corrected chi connectivity index (χ0v) is 10.0. The largest absolute Gasteiger partial charge is 0.317 e. The van der Waals surface area contributed by atoms with Gasteiger partial charge in [-0.3, -0.25) is 4.68 Å². The predicted molar refractivity (Wildman–Crippen MR) is 61.7 cm³/mol. The van der Waals surface area contributed by atoms with Crippen molar-refractivity contribution in [1.29, 1.82) is 0 Å². The monoisotopic (exact) mass is 210 g/mol. The van der Waals surface area contributed by atoms with Crippen LogP contribution in [-0.2, 0) is 13.0 Å². The van der Waals surface area contributed by atoms with Gasteiger partial charge in [0.25, 0.3) is 0 Å². The maximum Gasteiger partial charge on any atom is 0.138 e. The van der Waals surface area contributed by atoms with Crippen LogP contribution in [0.1, 0.15) is 33.0 Å². The third-order valence-corrected chi connectivity index (χ3v) is 2.59. The quantitative estimate of drug-likeness (QED) is 0.693. The lowest BCUT2D eigenvalue weighted by molar-refractivity contribution is 0.475. The normalized spacial score (nSPS) is 13.0. The molecule has 0 aliphatic heterocycles. The second kappa shape index (κ2) is 6.56. The summed E-state index contributed by atoms with van der Waals surface area (Å²) in [6.07, 6.45) is 3.87. The molecular weight excluding hydrogens is 188 g/mol. The molecule has 0 spiro atoms. The minimum absolute atomic E-state index is 0.665. The lowest BCUT2D eigenvalue weighted by Gasteiger charge is -2.11. The van der Waals surface area contributed by atoms with E-state index in [-0.39, 0.29) is 0 Å². The second-order valence-electron chi connectivity index (χ2n) is 3.94. The molecule has 0 fully saturated rings. The van der Waals surface area contributed by atoms with Crippen LogP contribution in [0, 0.1) is 5.92 Å². The van der Waals surface area contributed by atoms with Crippen molar-refractivity contribution in [3.63, 3.8) is 0 Å². The summed E-state index contributed by atoms with van der Waals surface area (Å²) in [6, 6.07) is 0. The Morgan fingerprint density at radius 2 is 2.27 bits per heavy atom. The molecule has 0 aliphatic rings. The van der Waals surface area contributed by atoms with Gasteiger partial charge in [-0.2, -0.15) is 5.10 Å². The van der Waals surface area contributed by atoms with Gasteiger partial charge in [0, 0.05) is 13.0 Å². The van der Waals surface area contributed by atoms with E-state index in [0.717, 1.165) is 31.9 Å². The topological polar surface area (TPSA) is 42.7 Å². The Balaban J connectivity index is 2.33. The Morgan fingerprint density at radius 1 is 1.47 bits per heavy atom. The van der Waals surface area contributed by atoms with Crippen LogP contribution in [0.15, 0.2) is 6.33 Å². The lowest BCUT2D eigenvalue weighted by Crippen LogP contribution is -2.18. The van der Waals surface area contributed by atoms with Crippen molar-refractivity contribution in [2.45, 2.75) is 40.2 Å². The summed E-state index contributed by atoms with van der Waals surface area (Å²) in [5, 5.41) is 7.52. The van der Waals surface area contributed by atoms with Gasteiger partial charge in [-0.05, 0) is 32.4 Å². The highest BCUT2D eigenvalue weighted by Crippen LogP contribution is 2.08. The summed E-state index contributed by atoms with van der Waals surface area (Å²) >= 11 is 0. The highest BCUT2D eigenvalue weighted by molar-refractivity contribution is 4.86. The van der Waals surface area contributed by atoms with Crippen LogP contribution in [0.4, 0.5) is 0 Å². The van der Waals surface area contributed by atoms with Crippen molar-refractivity contribution in [1.82, 2.24) is 20.1 Å². The Labute approximate surface area is 92.1 Å². The molecule has 1 rings (SSSR count). The Bertz CT molecular complexity index is 269. The van der Waals surface area contributed by atoms with Crippen molar-refractivity contribution >= 4 is 0 Å². The first kappa shape index (κ1) is 12.2. The van der Waals surface area contributed by atoms with Gasteiger partial charge in [0.05, 0.1) is 0 Å². The average Bonchev–Trinajstić information content (AvgIpc) is 2.65. The smallest absolute Gasteiger partial charge is 0.138 e. The van der Waals surface area contributed by atoms with Gasteiger partial charge in [0.2, 0.25) is 0 Å². The summed E-state index contributed by atoms with van der Waals surface area (Å²) in [6.45, 7) is 9.57. The molecule has 0 radical (unpaired) electrons. The van der Waals surface area contributed by atoms with Crippen molar-refractivity contribution in [3.05, 3.63) is 12.2 Å². The number of nitrogens with zero attached hydrogens (tertiary/aromatic N) is 3. The van der Waals surface area contributed by atoms with Gasteiger partial charge in [-0.25, -0.2) is 4.98 Å². The standard InChI is InChI=1S/C11H22N4/c1-4-12-7-6-10(3)8-11-13-9-14-15(11)5-2/h9-10,12H,4-8H2,1-3H3. The molecule has 0 saturated carbocycles. The van der Waals surface area contributed by atoms with Gasteiger partial charge >= 0.3 is 0 Å². The van der Waals surface area contributed by atoms with Crippen LogP contribution < -0.4 is 5.32 Å². The summed E-state index contributed by atoms with van der Waals surface area (Å²) in [5.41, 5.74) is 0. The molecule has 1 aromatic heterocycles. The van der Waals surface area contributed by atoms with Crippen LogP contribution in [0.3, 0.4) is 0 Å². The Hall–Kier alpha value is -0.900. The SMILES string of the molecule is CCNCCC(C)Cc1ncnn1CC. The fraction of sp³-hybridized carbons (Fsp3) is 0.818. The summed E-state index contributed by atoms with van der Waals surface area (Å²) in [5.74, 6) is 1.78. The molecule has 86 valence electrons. The summed E-state index contributed by atoms with van der Waals surface area (Å²) < 4.78 is 1.98. The fourth-order valence-electron chi connectivity index (χ4n) is 1.65. The van der Waals surface area contributed by atoms with Gasteiger partial charge in [0.15, 0.2) is 0 Å². The molecule has 4 nitrogen and oxygen atoms in total. The van der Waals surface area contributed by atoms with Crippen LogP contribution in [0.2, 0.25) is 0 Å². The predicted octanol–water partition coefficient (Wildman–Crippen LogP) is 1.48. The molecule has 0 aromatic carbocycles. The van der Waals surface area contributed by atoms with Crippen molar-refractivity contribution in [3.8, 4) is 0 Å². The first-order valence-electron chi connectivity index (χ1n) is 5.85. The maximum atomic E-state index is 4.29. The van der Waals surface area contributed by atoms with E-state index in [9.17, 15) is 0 Å². The first-order chi connectivity index (χ1) is 7.27. The summed E-state index contributed by atoms with van der Waals surface area (Å²) in [4.78, 5) is 4.29. The highest BCUT2D eigenvalue weighted by atomic mass is 15.3. The molecule has 1 aromatic rings. The molecule has 1 atom stereocenters. The molecule has 0 bridgehead atoms. The first-order valence-corrected chi connectivity index (χ1v) is 5.85. The molecule has 4 heteroatoms. The summed E-state index contributed by atoms with van der Waals surface area (Å²) in [7, 11) is 0. The molecule has 0 amide bonds. The Morgan fingerprint density at radius 3 is 2.93 bits per heavy atom. The van der Waals surface area contributed by atoms with Crippen LogP contribution in [0.25, 0.3) is 0 Å². The zero-order valence-electron chi connectivity index (χ0n) is 10.0. The van der Waals surface area contributed by atoms with E-state index in [1.165, 1.54) is 6.42 Å². The molecule has 1 N–H and O–H groups in total. The van der Waals surface area contributed by atoms with Crippen LogP contribution in [0.5, 0.6) is 0 Å². The van der Waals surface area contributed by atoms with Gasteiger partial charge in [-0.15, -0.1) is 0 Å². The van der Waals surface area contributed by atoms with E-state index in [2.05, 4.69) is 36.2 Å². The zero-order chi connectivity index (χ0) is 11.1. The molecule has 1 heterocycles. The highest BCUT2D eigenvalue weighted by Gasteiger charge is 2.08. The molecule has 15 heavy (non-hydrogen) atoms. The van der Waals surface area contributed by atoms with Crippen molar-refractivity contribution < 1.29 is 0 Å². The molecular formula is C11H22N4. The number of aryl methyl sites for hydroxylation is 1. The second-order valence-corrected chi connectivity index (χ2v) is 3.94. The minimum Gasteiger partial charge on any atom is -0.317 e. The maximum absolute atomic E-state index is 4.29. The number of rotatable bonds is 7. The van der Waals surface area contributed by atoms with Crippen molar-refractivity contribution in [2.24, 2.45) is 5.92 Å².